The molecule has 1 aliphatic carbocycles. The first-order chi connectivity index (χ1) is 6.51. The minimum atomic E-state index is -2.93. The predicted molar refractivity (Wildman–Crippen MR) is 60.2 cm³/mol. The Labute approximate surface area is 114 Å². The zero-order valence-corrected chi connectivity index (χ0v) is 11.1. The lowest BCUT2D eigenvalue weighted by atomic mass is 10.00. The minimum absolute atomic E-state index is 0.526. The summed E-state index contributed by atoms with van der Waals surface area (Å²) in [7, 11) is 0. The summed E-state index contributed by atoms with van der Waals surface area (Å²) < 4.78 is -4.83. The van der Waals surface area contributed by atoms with Crippen LogP contribution in [0.25, 0.3) is 0 Å². The largest absolute Gasteiger partial charge is 0.479 e. The summed E-state index contributed by atoms with van der Waals surface area (Å²) in [6.45, 7) is 0. The SMILES string of the molecule is O=C(O)C1(O)C(Cl)(Cl)C(Cl)=C(Cl)C1(Cl)Cl. The maximum Gasteiger partial charge on any atom is 0.342 e. The van der Waals surface area contributed by atoms with E-state index in [0.717, 1.165) is 0 Å². The summed E-state index contributed by atoms with van der Waals surface area (Å²) in [6, 6.07) is 0. The zero-order chi connectivity index (χ0) is 12.2. The van der Waals surface area contributed by atoms with Gasteiger partial charge < -0.3 is 10.2 Å². The van der Waals surface area contributed by atoms with Crippen molar-refractivity contribution in [2.24, 2.45) is 0 Å². The van der Waals surface area contributed by atoms with Gasteiger partial charge >= 0.3 is 5.97 Å². The molecule has 0 saturated heterocycles. The van der Waals surface area contributed by atoms with Crippen molar-refractivity contribution in [2.45, 2.75) is 14.3 Å². The summed E-state index contributed by atoms with van der Waals surface area (Å²) in [5.74, 6) is -1.84. The number of alkyl halides is 4. The highest BCUT2D eigenvalue weighted by Crippen LogP contribution is 2.62. The fourth-order valence-corrected chi connectivity index (χ4v) is 3.27. The maximum absolute atomic E-state index is 10.9. The highest BCUT2D eigenvalue weighted by atomic mass is 35.5. The number of halogens is 6. The highest BCUT2D eigenvalue weighted by molar-refractivity contribution is 6.68. The number of hydrogen-bond donors (Lipinski definition) is 2. The Morgan fingerprint density at radius 2 is 1.27 bits per heavy atom. The molecule has 0 aromatic rings. The molecule has 9 heteroatoms. The Hall–Kier alpha value is 0.910. The molecule has 0 fully saturated rings. The second-order valence-corrected chi connectivity index (χ2v) is 6.20. The van der Waals surface area contributed by atoms with E-state index >= 15 is 0 Å². The smallest absolute Gasteiger partial charge is 0.342 e. The van der Waals surface area contributed by atoms with Crippen molar-refractivity contribution >= 4 is 75.6 Å². The molecule has 0 saturated carbocycles. The third-order valence-electron chi connectivity index (χ3n) is 1.96. The third kappa shape index (κ3) is 1.48. The number of aliphatic carboxylic acids is 1. The Morgan fingerprint density at radius 1 is 1.00 bits per heavy atom. The van der Waals surface area contributed by atoms with Crippen molar-refractivity contribution < 1.29 is 15.0 Å². The van der Waals surface area contributed by atoms with Crippen LogP contribution in [0.4, 0.5) is 0 Å². The van der Waals surface area contributed by atoms with Gasteiger partial charge in [-0.1, -0.05) is 69.6 Å². The van der Waals surface area contributed by atoms with E-state index in [1.807, 2.05) is 0 Å². The summed E-state index contributed by atoms with van der Waals surface area (Å²) in [6.07, 6.45) is 0. The Morgan fingerprint density at radius 3 is 1.40 bits per heavy atom. The number of hydrogen-bond acceptors (Lipinski definition) is 2. The molecule has 1 rings (SSSR count). The first kappa shape index (κ1) is 14.0. The van der Waals surface area contributed by atoms with Crippen LogP contribution in [-0.4, -0.2) is 30.5 Å². The van der Waals surface area contributed by atoms with Gasteiger partial charge in [0, 0.05) is 0 Å². The number of carboxylic acid groups (broad SMARTS) is 1. The van der Waals surface area contributed by atoms with E-state index in [1.54, 1.807) is 0 Å². The monoisotopic (exact) mass is 332 g/mol. The molecule has 0 radical (unpaired) electrons. The molecule has 0 aromatic heterocycles. The van der Waals surface area contributed by atoms with Crippen LogP contribution in [0.1, 0.15) is 0 Å². The number of carboxylic acids is 1. The van der Waals surface area contributed by atoms with Crippen molar-refractivity contribution in [3.8, 4) is 0 Å². The molecule has 0 heterocycles. The summed E-state index contributed by atoms with van der Waals surface area (Å²) >= 11 is 33.5. The second kappa shape index (κ2) is 3.70. The van der Waals surface area contributed by atoms with Crippen molar-refractivity contribution in [3.63, 3.8) is 0 Å². The zero-order valence-electron chi connectivity index (χ0n) is 6.57. The number of carbonyl (C=O) groups is 1. The normalized spacial score (nSPS) is 26.9. The van der Waals surface area contributed by atoms with Crippen molar-refractivity contribution in [1.29, 1.82) is 0 Å². The Balaban J connectivity index is 3.53. The molecule has 2 N–H and O–H groups in total. The Kier molecular flexibility index (Phi) is 3.45. The van der Waals surface area contributed by atoms with Gasteiger partial charge in [0.1, 0.15) is 0 Å². The second-order valence-electron chi connectivity index (χ2n) is 2.79. The van der Waals surface area contributed by atoms with E-state index in [1.165, 1.54) is 0 Å². The molecule has 0 amide bonds. The predicted octanol–water partition coefficient (Wildman–Crippen LogP) is 2.85. The van der Waals surface area contributed by atoms with Crippen molar-refractivity contribution in [3.05, 3.63) is 10.1 Å². The summed E-state index contributed by atoms with van der Waals surface area (Å²) in [5, 5.41) is 17.6. The van der Waals surface area contributed by atoms with Crippen LogP contribution in [0.15, 0.2) is 10.1 Å². The van der Waals surface area contributed by atoms with E-state index in [-0.39, 0.29) is 0 Å². The summed E-state index contributed by atoms with van der Waals surface area (Å²) in [5.41, 5.74) is -2.93. The Bertz CT molecular complexity index is 336. The maximum atomic E-state index is 10.9. The van der Waals surface area contributed by atoms with E-state index in [2.05, 4.69) is 0 Å². The van der Waals surface area contributed by atoms with Crippen molar-refractivity contribution in [1.82, 2.24) is 0 Å². The van der Waals surface area contributed by atoms with Gasteiger partial charge in [0.15, 0.2) is 8.67 Å². The quantitative estimate of drug-likeness (QED) is 0.725. The minimum Gasteiger partial charge on any atom is -0.479 e. The number of rotatable bonds is 1. The van der Waals surface area contributed by atoms with Crippen molar-refractivity contribution in [2.75, 3.05) is 0 Å². The lowest BCUT2D eigenvalue weighted by molar-refractivity contribution is -0.158. The van der Waals surface area contributed by atoms with Gasteiger partial charge in [-0.2, -0.15) is 0 Å². The third-order valence-corrected chi connectivity index (χ3v) is 5.24. The first-order valence-electron chi connectivity index (χ1n) is 3.29. The standard InChI is InChI=1S/C6H2Cl6O3/c7-1-2(8)6(11,12)4(15,3(13)14)5(1,9)10/h15H,(H,13,14). The molecule has 0 unspecified atom stereocenters. The van der Waals surface area contributed by atoms with Gasteiger partial charge in [-0.3, -0.25) is 0 Å². The van der Waals surface area contributed by atoms with Gasteiger partial charge in [-0.25, -0.2) is 4.79 Å². The van der Waals surface area contributed by atoms with Gasteiger partial charge in [-0.15, -0.1) is 0 Å². The van der Waals surface area contributed by atoms with Crippen LogP contribution >= 0.6 is 69.6 Å². The lowest BCUT2D eigenvalue weighted by Gasteiger charge is -2.35. The highest BCUT2D eigenvalue weighted by Gasteiger charge is 2.74. The molecule has 0 spiro atoms. The van der Waals surface area contributed by atoms with Gasteiger partial charge in [0.2, 0.25) is 5.60 Å². The van der Waals surface area contributed by atoms with Crippen LogP contribution in [0.5, 0.6) is 0 Å². The molecule has 0 atom stereocenters. The molecule has 0 aliphatic heterocycles. The average Bonchev–Trinajstić information content (AvgIpc) is 2.19. The number of aliphatic hydroxyl groups is 1. The van der Waals surface area contributed by atoms with Gasteiger partial charge in [-0.05, 0) is 0 Å². The molecule has 0 bridgehead atoms. The van der Waals surface area contributed by atoms with E-state index in [0.29, 0.717) is 0 Å². The average molecular weight is 335 g/mol. The molecule has 0 aromatic carbocycles. The van der Waals surface area contributed by atoms with Crippen LogP contribution in [0.2, 0.25) is 0 Å². The molecule has 1 aliphatic rings. The van der Waals surface area contributed by atoms with Crippen LogP contribution in [0.3, 0.4) is 0 Å². The fourth-order valence-electron chi connectivity index (χ4n) is 1.06. The van der Waals surface area contributed by atoms with Crippen LogP contribution < -0.4 is 0 Å². The molecular formula is C6H2Cl6O3. The summed E-state index contributed by atoms with van der Waals surface area (Å²) in [4.78, 5) is 10.9. The van der Waals surface area contributed by atoms with E-state index < -0.39 is 30.3 Å². The first-order valence-corrected chi connectivity index (χ1v) is 5.55. The topological polar surface area (TPSA) is 57.5 Å². The molecule has 15 heavy (non-hydrogen) atoms. The molecule has 86 valence electrons. The van der Waals surface area contributed by atoms with E-state index in [4.69, 9.17) is 74.7 Å². The fraction of sp³-hybridized carbons (Fsp3) is 0.500. The van der Waals surface area contributed by atoms with Crippen LogP contribution in [0, 0.1) is 0 Å². The van der Waals surface area contributed by atoms with Crippen LogP contribution in [-0.2, 0) is 4.79 Å². The molecule has 3 nitrogen and oxygen atoms in total. The lowest BCUT2D eigenvalue weighted by Crippen LogP contribution is -2.60. The van der Waals surface area contributed by atoms with E-state index in [9.17, 15) is 9.90 Å². The molecular weight excluding hydrogens is 333 g/mol. The van der Waals surface area contributed by atoms with Gasteiger partial charge in [0.25, 0.3) is 0 Å². The van der Waals surface area contributed by atoms with Gasteiger partial charge in [0.05, 0.1) is 10.1 Å².